The third-order valence-electron chi connectivity index (χ3n) is 2.66. The zero-order chi connectivity index (χ0) is 10.9. The summed E-state index contributed by atoms with van der Waals surface area (Å²) in [5, 5.41) is 9.65. The normalized spacial score (nSPS) is 12.7. The van der Waals surface area contributed by atoms with Gasteiger partial charge in [0.05, 0.1) is 13.2 Å². The predicted molar refractivity (Wildman–Crippen MR) is 57.8 cm³/mol. The maximum Gasteiger partial charge on any atom is 0.128 e. The summed E-state index contributed by atoms with van der Waals surface area (Å²) in [6, 6.07) is 2.08. The highest BCUT2D eigenvalue weighted by atomic mass is 16.5. The van der Waals surface area contributed by atoms with Crippen LogP contribution in [0.2, 0.25) is 0 Å². The molecule has 0 aromatic heterocycles. The fourth-order valence-corrected chi connectivity index (χ4v) is 1.85. The number of benzene rings is 1. The van der Waals surface area contributed by atoms with Gasteiger partial charge < -0.3 is 9.84 Å². The van der Waals surface area contributed by atoms with Crippen LogP contribution in [0.5, 0.6) is 5.75 Å². The minimum absolute atomic E-state index is 0.482. The van der Waals surface area contributed by atoms with E-state index in [0.717, 1.165) is 22.4 Å². The SMILES string of the molecule is COc1c(C)c(C)cc(C)c1C(C)O. The Hall–Kier alpha value is -1.02. The molecule has 0 heterocycles. The lowest BCUT2D eigenvalue weighted by atomic mass is 9.96. The largest absolute Gasteiger partial charge is 0.496 e. The van der Waals surface area contributed by atoms with Crippen molar-refractivity contribution in [3.63, 3.8) is 0 Å². The molecule has 0 radical (unpaired) electrons. The van der Waals surface area contributed by atoms with Gasteiger partial charge in [0.1, 0.15) is 5.75 Å². The number of aliphatic hydroxyl groups excluding tert-OH is 1. The predicted octanol–water partition coefficient (Wildman–Crippen LogP) is 2.67. The van der Waals surface area contributed by atoms with Gasteiger partial charge in [-0.05, 0) is 44.4 Å². The van der Waals surface area contributed by atoms with Gasteiger partial charge in [-0.15, -0.1) is 0 Å². The average Bonchev–Trinajstić information content (AvgIpc) is 2.09. The summed E-state index contributed by atoms with van der Waals surface area (Å²) in [6.45, 7) is 7.83. The smallest absolute Gasteiger partial charge is 0.128 e. The maximum absolute atomic E-state index is 9.65. The topological polar surface area (TPSA) is 29.5 Å². The lowest BCUT2D eigenvalue weighted by Crippen LogP contribution is -2.03. The number of aryl methyl sites for hydroxylation is 2. The van der Waals surface area contributed by atoms with Crippen molar-refractivity contribution in [3.8, 4) is 5.75 Å². The highest BCUT2D eigenvalue weighted by Crippen LogP contribution is 2.33. The van der Waals surface area contributed by atoms with E-state index in [-0.39, 0.29) is 0 Å². The molecule has 0 spiro atoms. The van der Waals surface area contributed by atoms with Crippen LogP contribution in [0.4, 0.5) is 0 Å². The molecule has 0 saturated heterocycles. The van der Waals surface area contributed by atoms with Crippen molar-refractivity contribution in [2.45, 2.75) is 33.8 Å². The first-order chi connectivity index (χ1) is 6.49. The summed E-state index contributed by atoms with van der Waals surface area (Å²) >= 11 is 0. The second-order valence-corrected chi connectivity index (χ2v) is 3.76. The number of hydrogen-bond acceptors (Lipinski definition) is 2. The fourth-order valence-electron chi connectivity index (χ4n) is 1.85. The molecule has 0 aliphatic rings. The van der Waals surface area contributed by atoms with Crippen molar-refractivity contribution in [3.05, 3.63) is 28.3 Å². The van der Waals surface area contributed by atoms with E-state index in [4.69, 9.17) is 4.74 Å². The van der Waals surface area contributed by atoms with Crippen molar-refractivity contribution in [1.82, 2.24) is 0 Å². The molecule has 1 N–H and O–H groups in total. The monoisotopic (exact) mass is 194 g/mol. The van der Waals surface area contributed by atoms with Gasteiger partial charge in [-0.3, -0.25) is 0 Å². The van der Waals surface area contributed by atoms with E-state index < -0.39 is 6.10 Å². The van der Waals surface area contributed by atoms with Crippen LogP contribution in [0.1, 0.15) is 35.3 Å². The minimum Gasteiger partial charge on any atom is -0.496 e. The molecular weight excluding hydrogens is 176 g/mol. The van der Waals surface area contributed by atoms with Crippen molar-refractivity contribution in [2.75, 3.05) is 7.11 Å². The number of aliphatic hydroxyl groups is 1. The fraction of sp³-hybridized carbons (Fsp3) is 0.500. The Kier molecular flexibility index (Phi) is 3.17. The molecule has 2 heteroatoms. The Morgan fingerprint density at radius 2 is 1.79 bits per heavy atom. The van der Waals surface area contributed by atoms with E-state index in [1.165, 1.54) is 5.56 Å². The van der Waals surface area contributed by atoms with Crippen LogP contribution in [0.25, 0.3) is 0 Å². The molecule has 1 unspecified atom stereocenters. The summed E-state index contributed by atoms with van der Waals surface area (Å²) in [7, 11) is 1.65. The highest BCUT2D eigenvalue weighted by Gasteiger charge is 2.15. The molecule has 2 nitrogen and oxygen atoms in total. The quantitative estimate of drug-likeness (QED) is 0.784. The third-order valence-corrected chi connectivity index (χ3v) is 2.66. The van der Waals surface area contributed by atoms with Crippen molar-refractivity contribution >= 4 is 0 Å². The van der Waals surface area contributed by atoms with E-state index in [2.05, 4.69) is 13.0 Å². The van der Waals surface area contributed by atoms with Crippen LogP contribution < -0.4 is 4.74 Å². The summed E-state index contributed by atoms with van der Waals surface area (Å²) in [6.07, 6.45) is -0.482. The van der Waals surface area contributed by atoms with E-state index >= 15 is 0 Å². The molecule has 1 aromatic carbocycles. The Morgan fingerprint density at radius 1 is 1.21 bits per heavy atom. The van der Waals surface area contributed by atoms with Crippen molar-refractivity contribution < 1.29 is 9.84 Å². The van der Waals surface area contributed by atoms with Gasteiger partial charge in [0.15, 0.2) is 0 Å². The molecule has 0 bridgehead atoms. The van der Waals surface area contributed by atoms with Crippen LogP contribution in [0.15, 0.2) is 6.07 Å². The van der Waals surface area contributed by atoms with Crippen LogP contribution in [0, 0.1) is 20.8 Å². The Bertz CT molecular complexity index is 341. The first-order valence-corrected chi connectivity index (χ1v) is 4.81. The van der Waals surface area contributed by atoms with Crippen LogP contribution in [0.3, 0.4) is 0 Å². The molecule has 14 heavy (non-hydrogen) atoms. The van der Waals surface area contributed by atoms with E-state index in [1.54, 1.807) is 14.0 Å². The summed E-state index contributed by atoms with van der Waals surface area (Å²) in [5.41, 5.74) is 4.29. The second kappa shape index (κ2) is 4.01. The van der Waals surface area contributed by atoms with E-state index in [0.29, 0.717) is 0 Å². The lowest BCUT2D eigenvalue weighted by molar-refractivity contribution is 0.193. The van der Waals surface area contributed by atoms with Gasteiger partial charge >= 0.3 is 0 Å². The van der Waals surface area contributed by atoms with Crippen LogP contribution >= 0.6 is 0 Å². The maximum atomic E-state index is 9.65. The number of methoxy groups -OCH3 is 1. The Labute approximate surface area is 85.5 Å². The second-order valence-electron chi connectivity index (χ2n) is 3.76. The minimum atomic E-state index is -0.482. The molecular formula is C12H18O2. The Balaban J connectivity index is 3.47. The molecule has 1 aromatic rings. The lowest BCUT2D eigenvalue weighted by Gasteiger charge is -2.18. The van der Waals surface area contributed by atoms with Gasteiger partial charge in [-0.1, -0.05) is 6.07 Å². The van der Waals surface area contributed by atoms with E-state index in [1.807, 2.05) is 13.8 Å². The van der Waals surface area contributed by atoms with Crippen molar-refractivity contribution in [2.24, 2.45) is 0 Å². The average molecular weight is 194 g/mol. The molecule has 0 aliphatic carbocycles. The number of ether oxygens (including phenoxy) is 1. The summed E-state index contributed by atoms with van der Waals surface area (Å²) < 4.78 is 5.34. The van der Waals surface area contributed by atoms with Crippen LogP contribution in [-0.2, 0) is 0 Å². The summed E-state index contributed by atoms with van der Waals surface area (Å²) in [5.74, 6) is 0.817. The van der Waals surface area contributed by atoms with Gasteiger partial charge in [-0.2, -0.15) is 0 Å². The molecule has 1 rings (SSSR count). The first kappa shape index (κ1) is 11.1. The molecule has 0 saturated carbocycles. The highest BCUT2D eigenvalue weighted by molar-refractivity contribution is 5.50. The van der Waals surface area contributed by atoms with Crippen LogP contribution in [-0.4, -0.2) is 12.2 Å². The molecule has 0 fully saturated rings. The molecule has 1 atom stereocenters. The van der Waals surface area contributed by atoms with Gasteiger partial charge in [-0.25, -0.2) is 0 Å². The van der Waals surface area contributed by atoms with Gasteiger partial charge in [0.25, 0.3) is 0 Å². The molecule has 0 amide bonds. The number of hydrogen-bond donors (Lipinski definition) is 1. The van der Waals surface area contributed by atoms with Gasteiger partial charge in [0, 0.05) is 5.56 Å². The third kappa shape index (κ3) is 1.75. The first-order valence-electron chi connectivity index (χ1n) is 4.81. The standard InChI is InChI=1S/C12H18O2/c1-7-6-8(2)11(10(4)13)12(14-5)9(7)3/h6,10,13H,1-5H3. The number of rotatable bonds is 2. The van der Waals surface area contributed by atoms with Gasteiger partial charge in [0.2, 0.25) is 0 Å². The molecule has 78 valence electrons. The van der Waals surface area contributed by atoms with E-state index in [9.17, 15) is 5.11 Å². The zero-order valence-electron chi connectivity index (χ0n) is 9.51. The zero-order valence-corrected chi connectivity index (χ0v) is 9.51. The summed E-state index contributed by atoms with van der Waals surface area (Å²) in [4.78, 5) is 0. The Morgan fingerprint density at radius 3 is 2.21 bits per heavy atom. The van der Waals surface area contributed by atoms with Crippen molar-refractivity contribution in [1.29, 1.82) is 0 Å². The molecule has 0 aliphatic heterocycles.